The van der Waals surface area contributed by atoms with Crippen molar-refractivity contribution in [3.05, 3.63) is 23.8 Å². The van der Waals surface area contributed by atoms with Crippen LogP contribution in [0.15, 0.2) is 18.2 Å². The van der Waals surface area contributed by atoms with Crippen molar-refractivity contribution in [1.82, 2.24) is 15.1 Å². The highest BCUT2D eigenvalue weighted by Crippen LogP contribution is 2.29. The van der Waals surface area contributed by atoms with Crippen molar-refractivity contribution < 1.29 is 23.8 Å². The molecular weight excluding hydrogens is 386 g/mol. The lowest BCUT2D eigenvalue weighted by Gasteiger charge is -2.33. The van der Waals surface area contributed by atoms with E-state index < -0.39 is 0 Å². The first kappa shape index (κ1) is 22.2. The van der Waals surface area contributed by atoms with Crippen LogP contribution in [0, 0.1) is 5.92 Å². The van der Waals surface area contributed by atoms with Crippen molar-refractivity contribution in [3.8, 4) is 11.5 Å². The van der Waals surface area contributed by atoms with Gasteiger partial charge in [0, 0.05) is 46.3 Å². The summed E-state index contributed by atoms with van der Waals surface area (Å²) in [5.74, 6) is 1.30. The molecule has 2 saturated heterocycles. The van der Waals surface area contributed by atoms with E-state index in [9.17, 15) is 9.59 Å². The average molecular weight is 420 g/mol. The summed E-state index contributed by atoms with van der Waals surface area (Å²) in [6.45, 7) is 2.97. The number of piperidine rings is 1. The number of nitrogens with zero attached hydrogens (tertiary/aromatic N) is 2. The zero-order valence-corrected chi connectivity index (χ0v) is 18.2. The number of hydrogen-bond acceptors (Lipinski definition) is 5. The van der Waals surface area contributed by atoms with Crippen molar-refractivity contribution in [3.63, 3.8) is 0 Å². The van der Waals surface area contributed by atoms with Gasteiger partial charge in [-0.3, -0.25) is 4.79 Å². The van der Waals surface area contributed by atoms with Gasteiger partial charge in [-0.1, -0.05) is 6.07 Å². The second-order valence-electron chi connectivity index (χ2n) is 8.09. The van der Waals surface area contributed by atoms with E-state index >= 15 is 0 Å². The monoisotopic (exact) mass is 419 g/mol. The normalized spacial score (nSPS) is 19.4. The summed E-state index contributed by atoms with van der Waals surface area (Å²) in [5, 5.41) is 3.01. The highest BCUT2D eigenvalue weighted by Gasteiger charge is 2.27. The molecular formula is C22H33N3O5. The summed E-state index contributed by atoms with van der Waals surface area (Å²) in [6, 6.07) is 5.71. The highest BCUT2D eigenvalue weighted by molar-refractivity contribution is 5.79. The van der Waals surface area contributed by atoms with E-state index in [4.69, 9.17) is 14.2 Å². The Hall–Kier alpha value is -2.48. The zero-order chi connectivity index (χ0) is 21.5. The van der Waals surface area contributed by atoms with Crippen molar-refractivity contribution in [2.75, 3.05) is 47.5 Å². The number of amides is 3. The van der Waals surface area contributed by atoms with Crippen LogP contribution in [0.1, 0.15) is 31.2 Å². The highest BCUT2D eigenvalue weighted by atomic mass is 16.5. The molecule has 0 spiro atoms. The van der Waals surface area contributed by atoms with Gasteiger partial charge in [0.15, 0.2) is 11.5 Å². The summed E-state index contributed by atoms with van der Waals surface area (Å²) in [7, 11) is 5.10. The van der Waals surface area contributed by atoms with Crippen LogP contribution in [0.2, 0.25) is 0 Å². The molecule has 0 aromatic heterocycles. The number of likely N-dealkylation sites (tertiary alicyclic amines) is 1. The molecule has 1 aromatic carbocycles. The van der Waals surface area contributed by atoms with Crippen molar-refractivity contribution in [1.29, 1.82) is 0 Å². The second kappa shape index (κ2) is 10.5. The van der Waals surface area contributed by atoms with Gasteiger partial charge in [-0.25, -0.2) is 4.79 Å². The number of carbonyl (C=O) groups excluding carboxylic acids is 2. The number of urea groups is 1. The van der Waals surface area contributed by atoms with Crippen LogP contribution in [0.4, 0.5) is 4.79 Å². The van der Waals surface area contributed by atoms with Crippen LogP contribution in [-0.4, -0.2) is 75.4 Å². The lowest BCUT2D eigenvalue weighted by atomic mass is 9.96. The number of benzene rings is 1. The van der Waals surface area contributed by atoms with Gasteiger partial charge in [-0.15, -0.1) is 0 Å². The van der Waals surface area contributed by atoms with Gasteiger partial charge in [-0.05, 0) is 43.4 Å². The Bertz CT molecular complexity index is 725. The minimum absolute atomic E-state index is 0.00255. The van der Waals surface area contributed by atoms with E-state index in [2.05, 4.69) is 5.32 Å². The molecule has 2 fully saturated rings. The lowest BCUT2D eigenvalue weighted by molar-refractivity contribution is -0.126. The van der Waals surface area contributed by atoms with Crippen LogP contribution in [-0.2, 0) is 16.1 Å². The minimum Gasteiger partial charge on any atom is -0.493 e. The Morgan fingerprint density at radius 1 is 1.20 bits per heavy atom. The average Bonchev–Trinajstić information content (AvgIpc) is 3.29. The van der Waals surface area contributed by atoms with E-state index in [1.807, 2.05) is 18.2 Å². The fraction of sp³-hybridized carbons (Fsp3) is 0.636. The fourth-order valence-electron chi connectivity index (χ4n) is 3.85. The molecule has 1 unspecified atom stereocenters. The van der Waals surface area contributed by atoms with E-state index in [0.717, 1.165) is 25.0 Å². The molecule has 0 bridgehead atoms. The standard InChI is InChI=1S/C22H33N3O5/c1-24(2)22(27)25-10-8-17(9-11-25)21(26)23-14-16-6-7-19(20(13-16)28-3)30-15-18-5-4-12-29-18/h6-7,13,17-18H,4-5,8-12,14-15H2,1-3H3,(H,23,26). The molecule has 166 valence electrons. The predicted octanol–water partition coefficient (Wildman–Crippen LogP) is 2.26. The molecule has 1 N–H and O–H groups in total. The number of rotatable bonds is 7. The Morgan fingerprint density at radius 2 is 1.97 bits per heavy atom. The minimum atomic E-state index is -0.0628. The van der Waals surface area contributed by atoms with E-state index in [0.29, 0.717) is 50.6 Å². The maximum atomic E-state index is 12.6. The molecule has 2 aliphatic rings. The Kier molecular flexibility index (Phi) is 7.79. The van der Waals surface area contributed by atoms with Gasteiger partial charge in [0.05, 0.1) is 13.2 Å². The molecule has 2 heterocycles. The molecule has 1 aromatic rings. The molecule has 2 aliphatic heterocycles. The van der Waals surface area contributed by atoms with Crippen LogP contribution in [0.3, 0.4) is 0 Å². The van der Waals surface area contributed by atoms with Gasteiger partial charge >= 0.3 is 6.03 Å². The molecule has 1 atom stereocenters. The Morgan fingerprint density at radius 3 is 2.60 bits per heavy atom. The summed E-state index contributed by atoms with van der Waals surface area (Å²) in [4.78, 5) is 27.9. The second-order valence-corrected chi connectivity index (χ2v) is 8.09. The van der Waals surface area contributed by atoms with Gasteiger partial charge < -0.3 is 29.3 Å². The SMILES string of the molecule is COc1cc(CNC(=O)C2CCN(C(=O)N(C)C)CC2)ccc1OCC1CCCO1. The van der Waals surface area contributed by atoms with Gasteiger partial charge in [0.25, 0.3) is 0 Å². The number of hydrogen-bond donors (Lipinski definition) is 1. The maximum Gasteiger partial charge on any atom is 0.319 e. The lowest BCUT2D eigenvalue weighted by Crippen LogP contribution is -2.46. The van der Waals surface area contributed by atoms with Gasteiger partial charge in [0.1, 0.15) is 6.61 Å². The smallest absolute Gasteiger partial charge is 0.319 e. The third kappa shape index (κ3) is 5.78. The largest absolute Gasteiger partial charge is 0.493 e. The number of methoxy groups -OCH3 is 1. The third-order valence-electron chi connectivity index (χ3n) is 5.66. The van der Waals surface area contributed by atoms with E-state index in [1.165, 1.54) is 0 Å². The molecule has 3 amide bonds. The fourth-order valence-corrected chi connectivity index (χ4v) is 3.85. The number of ether oxygens (including phenoxy) is 3. The number of carbonyl (C=O) groups is 2. The van der Waals surface area contributed by atoms with Crippen LogP contribution in [0.25, 0.3) is 0 Å². The van der Waals surface area contributed by atoms with Crippen LogP contribution < -0.4 is 14.8 Å². The topological polar surface area (TPSA) is 80.3 Å². The Labute approximate surface area is 178 Å². The molecule has 8 heteroatoms. The van der Waals surface area contributed by atoms with Crippen LogP contribution in [0.5, 0.6) is 11.5 Å². The van der Waals surface area contributed by atoms with Gasteiger partial charge in [0.2, 0.25) is 5.91 Å². The molecule has 0 radical (unpaired) electrons. The maximum absolute atomic E-state index is 12.6. The molecule has 3 rings (SSSR count). The summed E-state index contributed by atoms with van der Waals surface area (Å²) in [5.41, 5.74) is 0.949. The van der Waals surface area contributed by atoms with Crippen molar-refractivity contribution >= 4 is 11.9 Å². The first-order chi connectivity index (χ1) is 14.5. The van der Waals surface area contributed by atoms with E-state index in [1.54, 1.807) is 31.0 Å². The van der Waals surface area contributed by atoms with Crippen molar-refractivity contribution in [2.45, 2.75) is 38.3 Å². The summed E-state index contributed by atoms with van der Waals surface area (Å²) >= 11 is 0. The van der Waals surface area contributed by atoms with Gasteiger partial charge in [-0.2, -0.15) is 0 Å². The van der Waals surface area contributed by atoms with Crippen molar-refractivity contribution in [2.24, 2.45) is 5.92 Å². The van der Waals surface area contributed by atoms with Crippen LogP contribution >= 0.6 is 0 Å². The molecule has 30 heavy (non-hydrogen) atoms. The molecule has 0 saturated carbocycles. The number of nitrogens with one attached hydrogen (secondary N) is 1. The Balaban J connectivity index is 1.47. The molecule has 0 aliphatic carbocycles. The predicted molar refractivity (Wildman–Crippen MR) is 113 cm³/mol. The third-order valence-corrected chi connectivity index (χ3v) is 5.66. The zero-order valence-electron chi connectivity index (χ0n) is 18.2. The quantitative estimate of drug-likeness (QED) is 0.733. The first-order valence-corrected chi connectivity index (χ1v) is 10.6. The summed E-state index contributed by atoms with van der Waals surface area (Å²) in [6.07, 6.45) is 3.62. The molecule has 8 nitrogen and oxygen atoms in total. The summed E-state index contributed by atoms with van der Waals surface area (Å²) < 4.78 is 16.9. The first-order valence-electron chi connectivity index (χ1n) is 10.6. The van der Waals surface area contributed by atoms with E-state index in [-0.39, 0.29) is 24.0 Å².